The van der Waals surface area contributed by atoms with Crippen LogP contribution in [0.4, 0.5) is 0 Å². The first kappa shape index (κ1) is 88.5. The highest BCUT2D eigenvalue weighted by Gasteiger charge is 2.24. The summed E-state index contributed by atoms with van der Waals surface area (Å²) in [7, 11) is 1.34. The molecule has 0 rings (SSSR count). The van der Waals surface area contributed by atoms with Crippen LogP contribution in [-0.2, 0) is 18.4 Å². The van der Waals surface area contributed by atoms with Crippen LogP contribution in [0.2, 0.25) is 0 Å². The summed E-state index contributed by atoms with van der Waals surface area (Å²) in [6.45, 7) is 4.81. The van der Waals surface area contributed by atoms with Crippen LogP contribution in [-0.4, -0.2) is 68.5 Å². The van der Waals surface area contributed by atoms with Crippen LogP contribution < -0.4 is 10.2 Å². The number of hydrogen-bond donors (Lipinski definition) is 2. The first-order valence-electron chi connectivity index (χ1n) is 40.9. The van der Waals surface area contributed by atoms with Gasteiger partial charge in [-0.3, -0.25) is 9.36 Å². The molecule has 3 unspecified atom stereocenters. The van der Waals surface area contributed by atoms with E-state index in [4.69, 9.17) is 9.05 Å². The van der Waals surface area contributed by atoms with Crippen molar-refractivity contribution in [1.82, 2.24) is 5.32 Å². The molecule has 0 saturated carbocycles. The molecule has 0 aromatic carbocycles. The highest BCUT2D eigenvalue weighted by atomic mass is 31.2. The van der Waals surface area contributed by atoms with Gasteiger partial charge in [-0.2, -0.15) is 0 Å². The van der Waals surface area contributed by atoms with Gasteiger partial charge in [-0.05, 0) is 12.8 Å². The Labute approximate surface area is 559 Å². The highest BCUT2D eigenvalue weighted by Crippen LogP contribution is 2.38. The number of unbranched alkanes of at least 4 members (excludes halogenated alkanes) is 65. The maximum absolute atomic E-state index is 13.1. The second kappa shape index (κ2) is 71.8. The van der Waals surface area contributed by atoms with E-state index in [1.807, 2.05) is 21.1 Å². The number of quaternary nitrogens is 1. The number of rotatable bonds is 78. The first-order valence-corrected chi connectivity index (χ1v) is 42.3. The smallest absolute Gasteiger partial charge is 0.268 e. The minimum Gasteiger partial charge on any atom is -0.756 e. The predicted octanol–water partition coefficient (Wildman–Crippen LogP) is 26.0. The Hall–Kier alpha value is -0.500. The van der Waals surface area contributed by atoms with Gasteiger partial charge in [-0.25, -0.2) is 0 Å². The van der Waals surface area contributed by atoms with Gasteiger partial charge in [0.25, 0.3) is 7.82 Å². The van der Waals surface area contributed by atoms with Gasteiger partial charge in [-0.1, -0.05) is 438 Å². The lowest BCUT2D eigenvalue weighted by Gasteiger charge is -2.30. The molecular weight excluding hydrogens is 1120 g/mol. The van der Waals surface area contributed by atoms with Gasteiger partial charge in [0.15, 0.2) is 0 Å². The lowest BCUT2D eigenvalue weighted by atomic mass is 10.0. The number of phosphoric acid groups is 1. The summed E-state index contributed by atoms with van der Waals surface area (Å²) in [6, 6.07) is -0.798. The van der Waals surface area contributed by atoms with Gasteiger partial charge >= 0.3 is 0 Å². The predicted molar refractivity (Wildman–Crippen MR) is 390 cm³/mol. The van der Waals surface area contributed by atoms with E-state index in [1.54, 1.807) is 0 Å². The first-order chi connectivity index (χ1) is 43.5. The van der Waals surface area contributed by atoms with Crippen LogP contribution in [0.15, 0.2) is 0 Å². The van der Waals surface area contributed by atoms with Crippen molar-refractivity contribution in [3.05, 3.63) is 0 Å². The zero-order valence-corrected chi connectivity index (χ0v) is 62.3. The quantitative estimate of drug-likeness (QED) is 0.0357. The molecule has 89 heavy (non-hydrogen) atoms. The molecule has 0 saturated heterocycles. The standard InChI is InChI=1S/C80H163N2O6P/c1-6-8-10-12-14-16-18-20-22-24-26-28-30-32-34-36-37-38-39-40-41-42-43-44-46-48-50-52-54-56-58-60-62-64-66-68-70-72-74-80(84)81-78(77-88-89(85,86)87-76-75-82(3,4)5)79(83)73-71-69-67-65-63-61-59-57-55-53-51-49-47-45-35-33-31-29-27-25-23-21-19-17-15-13-11-9-7-2/h78-79,83H,6-77H2,1-5H3,(H-,81,84,85,86). The molecule has 0 aliphatic carbocycles. The van der Waals surface area contributed by atoms with E-state index in [2.05, 4.69) is 19.2 Å². The topological polar surface area (TPSA) is 108 Å². The van der Waals surface area contributed by atoms with Crippen molar-refractivity contribution in [2.45, 2.75) is 469 Å². The van der Waals surface area contributed by atoms with Gasteiger partial charge in [0.1, 0.15) is 13.2 Å². The van der Waals surface area contributed by atoms with Crippen LogP contribution in [0.5, 0.6) is 0 Å². The highest BCUT2D eigenvalue weighted by molar-refractivity contribution is 7.45. The SMILES string of the molecule is CCCCCCCCCCCCCCCCCCCCCCCCCCCCCCCCCCCCCCCCC(=O)NC(COP(=O)([O-])OCC[N+](C)(C)C)C(O)CCCCCCCCCCCCCCCCCCCCCCCCCCCCCCC. The molecule has 1 amide bonds. The van der Waals surface area contributed by atoms with Gasteiger partial charge in [0.05, 0.1) is 39.9 Å². The van der Waals surface area contributed by atoms with E-state index in [0.717, 1.165) is 38.5 Å². The number of amides is 1. The Bertz CT molecular complexity index is 1410. The molecule has 0 bridgehead atoms. The number of phosphoric ester groups is 1. The molecular formula is C80H163N2O6P. The molecule has 534 valence electrons. The van der Waals surface area contributed by atoms with Crippen molar-refractivity contribution >= 4 is 13.7 Å². The van der Waals surface area contributed by atoms with Crippen molar-refractivity contribution in [3.63, 3.8) is 0 Å². The maximum Gasteiger partial charge on any atom is 0.268 e. The fourth-order valence-electron chi connectivity index (χ4n) is 13.3. The van der Waals surface area contributed by atoms with E-state index in [-0.39, 0.29) is 19.1 Å². The van der Waals surface area contributed by atoms with Gasteiger partial charge in [0.2, 0.25) is 5.91 Å². The monoisotopic (exact) mass is 1280 g/mol. The van der Waals surface area contributed by atoms with Gasteiger partial charge < -0.3 is 28.8 Å². The number of hydrogen-bond acceptors (Lipinski definition) is 6. The zero-order chi connectivity index (χ0) is 64.8. The largest absolute Gasteiger partial charge is 0.756 e. The number of nitrogens with zero attached hydrogens (tertiary/aromatic N) is 1. The number of likely N-dealkylation sites (N-methyl/N-ethyl adjacent to an activating group) is 1. The Morgan fingerprint density at radius 2 is 0.551 bits per heavy atom. The van der Waals surface area contributed by atoms with E-state index in [1.165, 1.54) is 392 Å². The van der Waals surface area contributed by atoms with Crippen molar-refractivity contribution in [1.29, 1.82) is 0 Å². The zero-order valence-electron chi connectivity index (χ0n) is 61.4. The average Bonchev–Trinajstić information content (AvgIpc) is 3.56. The van der Waals surface area contributed by atoms with Crippen LogP contribution >= 0.6 is 7.82 Å². The number of carbonyl (C=O) groups is 1. The van der Waals surface area contributed by atoms with E-state index in [0.29, 0.717) is 23.9 Å². The Morgan fingerprint density at radius 1 is 0.348 bits per heavy atom. The average molecular weight is 1280 g/mol. The number of aliphatic hydroxyl groups excluding tert-OH is 1. The second-order valence-corrected chi connectivity index (χ2v) is 31.3. The minimum atomic E-state index is -4.58. The molecule has 8 nitrogen and oxygen atoms in total. The van der Waals surface area contributed by atoms with Crippen molar-refractivity contribution < 1.29 is 32.9 Å². The van der Waals surface area contributed by atoms with Crippen LogP contribution in [0.25, 0.3) is 0 Å². The molecule has 0 aromatic rings. The lowest BCUT2D eigenvalue weighted by Crippen LogP contribution is -2.46. The minimum absolute atomic E-state index is 0.0172. The fraction of sp³-hybridized carbons (Fsp3) is 0.988. The molecule has 0 radical (unpaired) electrons. The summed E-state index contributed by atoms with van der Waals surface area (Å²) in [5.41, 5.74) is 0. The van der Waals surface area contributed by atoms with Crippen LogP contribution in [0.3, 0.4) is 0 Å². The molecule has 0 aliphatic rings. The van der Waals surface area contributed by atoms with Crippen molar-refractivity contribution in [2.75, 3.05) is 40.9 Å². The fourth-order valence-corrected chi connectivity index (χ4v) is 14.0. The third kappa shape index (κ3) is 74.8. The summed E-state index contributed by atoms with van der Waals surface area (Å²) < 4.78 is 23.6. The number of carbonyl (C=O) groups excluding carboxylic acids is 1. The molecule has 9 heteroatoms. The molecule has 0 fully saturated rings. The molecule has 3 atom stereocenters. The molecule has 0 heterocycles. The summed E-state index contributed by atoms with van der Waals surface area (Å²) in [4.78, 5) is 25.7. The Balaban J connectivity index is 3.87. The van der Waals surface area contributed by atoms with Crippen molar-refractivity contribution in [2.24, 2.45) is 0 Å². The van der Waals surface area contributed by atoms with Crippen molar-refractivity contribution in [3.8, 4) is 0 Å². The van der Waals surface area contributed by atoms with E-state index >= 15 is 0 Å². The summed E-state index contributed by atoms with van der Waals surface area (Å²) in [5, 5.41) is 14.2. The summed E-state index contributed by atoms with van der Waals surface area (Å²) >= 11 is 0. The van der Waals surface area contributed by atoms with E-state index < -0.39 is 20.0 Å². The number of aliphatic hydroxyl groups is 1. The molecule has 0 spiro atoms. The van der Waals surface area contributed by atoms with Crippen LogP contribution in [0, 0.1) is 0 Å². The Morgan fingerprint density at radius 3 is 0.764 bits per heavy atom. The number of nitrogens with one attached hydrogen (secondary N) is 1. The molecule has 2 N–H and O–H groups in total. The molecule has 0 aliphatic heterocycles. The third-order valence-corrected chi connectivity index (χ3v) is 20.6. The lowest BCUT2D eigenvalue weighted by molar-refractivity contribution is -0.870. The Kier molecular flexibility index (Phi) is 71.4. The van der Waals surface area contributed by atoms with Crippen LogP contribution in [0.1, 0.15) is 457 Å². The third-order valence-electron chi connectivity index (χ3n) is 19.6. The maximum atomic E-state index is 13.1. The molecule has 0 aromatic heterocycles. The normalized spacial score (nSPS) is 13.4. The summed E-state index contributed by atoms with van der Waals surface area (Å²) in [5.74, 6) is -0.152. The van der Waals surface area contributed by atoms with E-state index in [9.17, 15) is 19.4 Å². The summed E-state index contributed by atoms with van der Waals surface area (Å²) in [6.07, 6.45) is 92.4. The van der Waals surface area contributed by atoms with Gasteiger partial charge in [0, 0.05) is 6.42 Å². The second-order valence-electron chi connectivity index (χ2n) is 29.9. The van der Waals surface area contributed by atoms with Gasteiger partial charge in [-0.15, -0.1) is 0 Å².